The molecule has 6 heteroatoms. The van der Waals surface area contributed by atoms with Crippen molar-refractivity contribution >= 4 is 33.6 Å². The number of benzene rings is 1. The quantitative estimate of drug-likeness (QED) is 0.820. The van der Waals surface area contributed by atoms with Crippen LogP contribution in [0.2, 0.25) is 0 Å². The van der Waals surface area contributed by atoms with Crippen molar-refractivity contribution in [2.75, 3.05) is 26.5 Å². The van der Waals surface area contributed by atoms with E-state index in [-0.39, 0.29) is 10.7 Å². The number of piperidine rings is 1. The van der Waals surface area contributed by atoms with Crippen molar-refractivity contribution in [3.63, 3.8) is 0 Å². The molecule has 1 heterocycles. The molecule has 1 aliphatic heterocycles. The van der Waals surface area contributed by atoms with Crippen molar-refractivity contribution < 1.29 is 9.53 Å². The molecule has 1 aliphatic rings. The van der Waals surface area contributed by atoms with E-state index in [0.717, 1.165) is 4.47 Å². The van der Waals surface area contributed by atoms with Crippen LogP contribution in [-0.2, 0) is 0 Å². The number of rotatable bonds is 3. The average molecular weight is 369 g/mol. The van der Waals surface area contributed by atoms with E-state index in [1.54, 1.807) is 35.9 Å². The lowest BCUT2D eigenvalue weighted by Crippen LogP contribution is -2.44. The van der Waals surface area contributed by atoms with Gasteiger partial charge in [0.25, 0.3) is 5.91 Å². The van der Waals surface area contributed by atoms with Crippen molar-refractivity contribution in [2.45, 2.75) is 17.6 Å². The number of likely N-dealkylation sites (tertiary alicyclic amines) is 1. The Kier molecular flexibility index (Phi) is 5.17. The number of carbonyl (C=O) groups is 1. The van der Waals surface area contributed by atoms with Crippen LogP contribution in [0.3, 0.4) is 0 Å². The zero-order chi connectivity index (χ0) is 15.5. The molecule has 0 saturated carbocycles. The SMILES string of the molecule is COc1cc(Br)ccc1C(=O)N1CCC(C#N)(SC)CC1. The topological polar surface area (TPSA) is 53.3 Å². The molecular weight excluding hydrogens is 352 g/mol. The summed E-state index contributed by atoms with van der Waals surface area (Å²) in [5, 5.41) is 9.30. The smallest absolute Gasteiger partial charge is 0.257 e. The molecule has 112 valence electrons. The minimum atomic E-state index is -0.347. The van der Waals surface area contributed by atoms with E-state index in [1.165, 1.54) is 0 Å². The summed E-state index contributed by atoms with van der Waals surface area (Å²) >= 11 is 4.95. The van der Waals surface area contributed by atoms with Gasteiger partial charge in [-0.05, 0) is 37.3 Å². The molecule has 1 amide bonds. The maximum absolute atomic E-state index is 12.6. The second-order valence-corrected chi connectivity index (χ2v) is 7.05. The van der Waals surface area contributed by atoms with Crippen LogP contribution in [0.15, 0.2) is 22.7 Å². The summed E-state index contributed by atoms with van der Waals surface area (Å²) in [5.41, 5.74) is 0.564. The lowest BCUT2D eigenvalue weighted by Gasteiger charge is -2.36. The van der Waals surface area contributed by atoms with Gasteiger partial charge in [-0.3, -0.25) is 4.79 Å². The first kappa shape index (κ1) is 16.2. The predicted octanol–water partition coefficient (Wildman–Crippen LogP) is 3.32. The minimum Gasteiger partial charge on any atom is -0.496 e. The van der Waals surface area contributed by atoms with Crippen molar-refractivity contribution in [3.8, 4) is 11.8 Å². The van der Waals surface area contributed by atoms with Crippen LogP contribution in [0.5, 0.6) is 5.75 Å². The Morgan fingerprint density at radius 3 is 2.67 bits per heavy atom. The van der Waals surface area contributed by atoms with Crippen LogP contribution in [-0.4, -0.2) is 42.0 Å². The van der Waals surface area contributed by atoms with Crippen LogP contribution < -0.4 is 4.74 Å². The van der Waals surface area contributed by atoms with Crippen molar-refractivity contribution in [3.05, 3.63) is 28.2 Å². The van der Waals surface area contributed by atoms with E-state index in [4.69, 9.17) is 4.74 Å². The highest BCUT2D eigenvalue weighted by molar-refractivity contribution is 9.10. The second-order valence-electron chi connectivity index (χ2n) is 4.95. The third-order valence-electron chi connectivity index (χ3n) is 3.85. The van der Waals surface area contributed by atoms with Crippen LogP contribution >= 0.6 is 27.7 Å². The lowest BCUT2D eigenvalue weighted by atomic mass is 9.96. The molecule has 2 rings (SSSR count). The molecule has 21 heavy (non-hydrogen) atoms. The number of methoxy groups -OCH3 is 1. The summed E-state index contributed by atoms with van der Waals surface area (Å²) in [5.74, 6) is 0.531. The van der Waals surface area contributed by atoms with Gasteiger partial charge in [0.1, 0.15) is 10.5 Å². The predicted molar refractivity (Wildman–Crippen MR) is 87.7 cm³/mol. The molecule has 0 atom stereocenters. The molecule has 0 aliphatic carbocycles. The number of thioether (sulfide) groups is 1. The standard InChI is InChI=1S/C15H17BrN2O2S/c1-20-13-9-11(16)3-4-12(13)14(19)18-7-5-15(10-17,21-2)6-8-18/h3-4,9H,5-8H2,1-2H3. The van der Waals surface area contributed by atoms with Crippen molar-refractivity contribution in [1.82, 2.24) is 4.90 Å². The Morgan fingerprint density at radius 1 is 1.48 bits per heavy atom. The van der Waals surface area contributed by atoms with Crippen molar-refractivity contribution in [1.29, 1.82) is 5.26 Å². The molecule has 0 aromatic heterocycles. The molecule has 0 N–H and O–H groups in total. The van der Waals surface area contributed by atoms with Gasteiger partial charge in [-0.1, -0.05) is 15.9 Å². The van der Waals surface area contributed by atoms with Gasteiger partial charge >= 0.3 is 0 Å². The molecular formula is C15H17BrN2O2S. The van der Waals surface area contributed by atoms with E-state index in [1.807, 2.05) is 12.3 Å². The lowest BCUT2D eigenvalue weighted by molar-refractivity contribution is 0.0713. The van der Waals surface area contributed by atoms with E-state index >= 15 is 0 Å². The number of hydrogen-bond donors (Lipinski definition) is 0. The number of halogens is 1. The van der Waals surface area contributed by atoms with Crippen LogP contribution in [0.25, 0.3) is 0 Å². The number of ether oxygens (including phenoxy) is 1. The number of nitriles is 1. The normalized spacial score (nSPS) is 17.1. The Bertz CT molecular complexity index is 578. The summed E-state index contributed by atoms with van der Waals surface area (Å²) < 4.78 is 5.82. The molecule has 0 radical (unpaired) electrons. The average Bonchev–Trinajstić information content (AvgIpc) is 2.54. The first-order chi connectivity index (χ1) is 10.0. The largest absolute Gasteiger partial charge is 0.496 e. The van der Waals surface area contributed by atoms with E-state index < -0.39 is 0 Å². The fourth-order valence-electron chi connectivity index (χ4n) is 2.44. The van der Waals surface area contributed by atoms with Gasteiger partial charge in [0.15, 0.2) is 0 Å². The zero-order valence-electron chi connectivity index (χ0n) is 12.1. The summed E-state index contributed by atoms with van der Waals surface area (Å²) in [6, 6.07) is 7.79. The van der Waals surface area contributed by atoms with Gasteiger partial charge in [-0.25, -0.2) is 0 Å². The maximum Gasteiger partial charge on any atom is 0.257 e. The highest BCUT2D eigenvalue weighted by Gasteiger charge is 2.36. The highest BCUT2D eigenvalue weighted by Crippen LogP contribution is 2.35. The summed E-state index contributed by atoms with van der Waals surface area (Å²) in [6.45, 7) is 1.21. The van der Waals surface area contributed by atoms with Crippen molar-refractivity contribution in [2.24, 2.45) is 0 Å². The number of nitrogens with zero attached hydrogens (tertiary/aromatic N) is 2. The highest BCUT2D eigenvalue weighted by atomic mass is 79.9. The van der Waals surface area contributed by atoms with Gasteiger partial charge < -0.3 is 9.64 Å². The van der Waals surface area contributed by atoms with E-state index in [2.05, 4.69) is 22.0 Å². The van der Waals surface area contributed by atoms with Crippen LogP contribution in [0, 0.1) is 11.3 Å². The van der Waals surface area contributed by atoms with E-state index in [0.29, 0.717) is 37.2 Å². The van der Waals surface area contributed by atoms with Gasteiger partial charge in [-0.2, -0.15) is 5.26 Å². The Labute approximate surface area is 137 Å². The molecule has 0 spiro atoms. The molecule has 4 nitrogen and oxygen atoms in total. The Morgan fingerprint density at radius 2 is 2.14 bits per heavy atom. The van der Waals surface area contributed by atoms with E-state index in [9.17, 15) is 10.1 Å². The first-order valence-electron chi connectivity index (χ1n) is 6.64. The molecule has 1 fully saturated rings. The van der Waals surface area contributed by atoms with Gasteiger partial charge in [0.05, 0.1) is 18.7 Å². The minimum absolute atomic E-state index is 0.0352. The zero-order valence-corrected chi connectivity index (χ0v) is 14.5. The maximum atomic E-state index is 12.6. The molecule has 0 bridgehead atoms. The third-order valence-corrected chi connectivity index (χ3v) is 5.62. The van der Waals surface area contributed by atoms with Gasteiger partial charge in [0, 0.05) is 17.6 Å². The number of amides is 1. The number of hydrogen-bond acceptors (Lipinski definition) is 4. The molecule has 1 aromatic carbocycles. The monoisotopic (exact) mass is 368 g/mol. The van der Waals surface area contributed by atoms with Crippen LogP contribution in [0.4, 0.5) is 0 Å². The third kappa shape index (κ3) is 3.35. The first-order valence-corrected chi connectivity index (χ1v) is 8.66. The Balaban J connectivity index is 2.14. The summed E-state index contributed by atoms with van der Waals surface area (Å²) in [7, 11) is 1.56. The summed E-state index contributed by atoms with van der Waals surface area (Å²) in [6.07, 6.45) is 3.36. The molecule has 1 saturated heterocycles. The second kappa shape index (κ2) is 6.71. The van der Waals surface area contributed by atoms with Crippen LogP contribution in [0.1, 0.15) is 23.2 Å². The van der Waals surface area contributed by atoms with Gasteiger partial charge in [-0.15, -0.1) is 11.8 Å². The molecule has 0 unspecified atom stereocenters. The molecule has 1 aromatic rings. The van der Waals surface area contributed by atoms with Gasteiger partial charge in [0.2, 0.25) is 0 Å². The summed E-state index contributed by atoms with van der Waals surface area (Å²) in [4.78, 5) is 14.4. The fraction of sp³-hybridized carbons (Fsp3) is 0.467. The number of carbonyl (C=O) groups excluding carboxylic acids is 1. The fourth-order valence-corrected chi connectivity index (χ4v) is 3.47. The Hall–Kier alpha value is -1.19.